The van der Waals surface area contributed by atoms with Crippen LogP contribution in [0.15, 0.2) is 0 Å². The molecule has 5 nitrogen and oxygen atoms in total. The van der Waals surface area contributed by atoms with Crippen LogP contribution >= 0.6 is 0 Å². The molecule has 0 aliphatic rings. The van der Waals surface area contributed by atoms with Crippen LogP contribution in [0, 0.1) is 0 Å². The molecule has 0 unspecified atom stereocenters. The van der Waals surface area contributed by atoms with Gasteiger partial charge in [-0.1, -0.05) is 129 Å². The normalized spacial score (nSPS) is 11.0. The van der Waals surface area contributed by atoms with E-state index in [9.17, 15) is 14.4 Å². The molecule has 0 aliphatic heterocycles. The fraction of sp³-hybridized carbons (Fsp3) is 0.903. The van der Waals surface area contributed by atoms with Crippen molar-refractivity contribution < 1.29 is 14.4 Å². The van der Waals surface area contributed by atoms with Crippen LogP contribution in [0.4, 0.5) is 0 Å². The topological polar surface area (TPSA) is 57.7 Å². The van der Waals surface area contributed by atoms with Crippen molar-refractivity contribution in [3.63, 3.8) is 0 Å². The maximum atomic E-state index is 12.3. The van der Waals surface area contributed by atoms with Crippen LogP contribution in [-0.4, -0.2) is 54.6 Å². The Morgan fingerprint density at radius 2 is 0.667 bits per heavy atom. The van der Waals surface area contributed by atoms with Gasteiger partial charge in [0, 0.05) is 27.2 Å². The molecule has 2 amide bonds. The first-order chi connectivity index (χ1) is 17.4. The van der Waals surface area contributed by atoms with Crippen LogP contribution in [0.2, 0.25) is 0 Å². The van der Waals surface area contributed by atoms with Crippen molar-refractivity contribution >= 4 is 17.6 Å². The van der Waals surface area contributed by atoms with Gasteiger partial charge in [-0.05, 0) is 12.8 Å². The lowest BCUT2D eigenvalue weighted by molar-refractivity contribution is -0.137. The highest BCUT2D eigenvalue weighted by atomic mass is 16.2. The molecule has 0 aliphatic carbocycles. The summed E-state index contributed by atoms with van der Waals surface area (Å²) in [5.74, 6) is -0.600. The third kappa shape index (κ3) is 21.9. The summed E-state index contributed by atoms with van der Waals surface area (Å²) in [6.45, 7) is 5.87. The molecule has 0 aromatic heterocycles. The van der Waals surface area contributed by atoms with E-state index in [4.69, 9.17) is 0 Å². The minimum absolute atomic E-state index is 0.161. The Morgan fingerprint density at radius 3 is 0.944 bits per heavy atom. The average molecular weight is 509 g/mol. The van der Waals surface area contributed by atoms with Gasteiger partial charge in [-0.15, -0.1) is 0 Å². The van der Waals surface area contributed by atoms with Gasteiger partial charge in [0.25, 0.3) is 0 Å². The zero-order chi connectivity index (χ0) is 26.9. The number of rotatable bonds is 26. The van der Waals surface area contributed by atoms with Crippen LogP contribution in [0.25, 0.3) is 0 Å². The quantitative estimate of drug-likeness (QED) is 0.0876. The summed E-state index contributed by atoms with van der Waals surface area (Å²) >= 11 is 0. The van der Waals surface area contributed by atoms with Crippen molar-refractivity contribution in [3.8, 4) is 0 Å². The van der Waals surface area contributed by atoms with Crippen molar-refractivity contribution in [2.45, 2.75) is 155 Å². The van der Waals surface area contributed by atoms with Gasteiger partial charge in [-0.3, -0.25) is 14.4 Å². The van der Waals surface area contributed by atoms with Crippen molar-refractivity contribution in [3.05, 3.63) is 0 Å². The number of Topliss-reactive ketones (excluding diaryl/α,β-unsaturated/α-hetero) is 1. The summed E-state index contributed by atoms with van der Waals surface area (Å²) in [6.07, 6.45) is 24.9. The van der Waals surface area contributed by atoms with E-state index in [-0.39, 0.29) is 30.4 Å². The van der Waals surface area contributed by atoms with Crippen LogP contribution in [0.3, 0.4) is 0 Å². The second-order valence-electron chi connectivity index (χ2n) is 10.9. The Kier molecular flexibility index (Phi) is 24.3. The lowest BCUT2D eigenvalue weighted by Crippen LogP contribution is -2.33. The molecular weight excluding hydrogens is 448 g/mol. The molecule has 0 aromatic rings. The van der Waals surface area contributed by atoms with E-state index in [1.807, 2.05) is 0 Å². The summed E-state index contributed by atoms with van der Waals surface area (Å²) in [7, 11) is 3.53. The third-order valence-corrected chi connectivity index (χ3v) is 7.24. The van der Waals surface area contributed by atoms with Gasteiger partial charge in [-0.25, -0.2) is 0 Å². The van der Waals surface area contributed by atoms with E-state index in [1.165, 1.54) is 103 Å². The van der Waals surface area contributed by atoms with Crippen LogP contribution in [0.5, 0.6) is 0 Å². The molecule has 0 atom stereocenters. The minimum atomic E-state index is -0.269. The van der Waals surface area contributed by atoms with E-state index in [0.717, 1.165) is 25.7 Å². The fourth-order valence-electron chi connectivity index (χ4n) is 4.59. The molecule has 36 heavy (non-hydrogen) atoms. The maximum Gasteiger partial charge on any atom is 0.229 e. The molecule has 0 rings (SSSR count). The number of ketones is 1. The van der Waals surface area contributed by atoms with Gasteiger partial charge in [-0.2, -0.15) is 0 Å². The predicted molar refractivity (Wildman–Crippen MR) is 153 cm³/mol. The second kappa shape index (κ2) is 25.3. The summed E-state index contributed by atoms with van der Waals surface area (Å²) in [6, 6.07) is 0. The highest BCUT2D eigenvalue weighted by molar-refractivity contribution is 6.06. The Balaban J connectivity index is 3.75. The Labute approximate surface area is 224 Å². The van der Waals surface area contributed by atoms with Crippen LogP contribution in [-0.2, 0) is 14.4 Å². The number of carbonyl (C=O) groups excluding carboxylic acids is 3. The predicted octanol–water partition coefficient (Wildman–Crippen LogP) is 8.09. The van der Waals surface area contributed by atoms with Crippen molar-refractivity contribution in [2.75, 3.05) is 27.2 Å². The smallest absolute Gasteiger partial charge is 0.229 e. The summed E-state index contributed by atoms with van der Waals surface area (Å²) in [5, 5.41) is 0. The highest BCUT2D eigenvalue weighted by Gasteiger charge is 2.18. The summed E-state index contributed by atoms with van der Waals surface area (Å²) in [4.78, 5) is 40.3. The minimum Gasteiger partial charge on any atom is -0.345 e. The molecular formula is C31H60N2O3. The second-order valence-corrected chi connectivity index (χ2v) is 10.9. The largest absolute Gasteiger partial charge is 0.345 e. The Bertz CT molecular complexity index is 504. The fourth-order valence-corrected chi connectivity index (χ4v) is 4.59. The molecule has 0 heterocycles. The van der Waals surface area contributed by atoms with Gasteiger partial charge in [0.2, 0.25) is 11.8 Å². The first-order valence-corrected chi connectivity index (χ1v) is 15.4. The number of carbonyl (C=O) groups is 3. The Hall–Kier alpha value is -1.39. The van der Waals surface area contributed by atoms with Crippen molar-refractivity contribution in [2.24, 2.45) is 0 Å². The van der Waals surface area contributed by atoms with E-state index in [2.05, 4.69) is 13.8 Å². The molecule has 0 saturated carbocycles. The van der Waals surface area contributed by atoms with E-state index >= 15 is 0 Å². The van der Waals surface area contributed by atoms with Crippen molar-refractivity contribution in [1.82, 2.24) is 9.80 Å². The first kappa shape index (κ1) is 34.6. The molecule has 0 N–H and O–H groups in total. The van der Waals surface area contributed by atoms with Gasteiger partial charge in [0.15, 0.2) is 5.78 Å². The van der Waals surface area contributed by atoms with Crippen LogP contribution < -0.4 is 0 Å². The monoisotopic (exact) mass is 508 g/mol. The van der Waals surface area contributed by atoms with Gasteiger partial charge in [0.1, 0.15) is 0 Å². The first-order valence-electron chi connectivity index (χ1n) is 15.4. The lowest BCUT2D eigenvalue weighted by Gasteiger charge is -2.18. The zero-order valence-corrected chi connectivity index (χ0v) is 24.6. The molecule has 0 spiro atoms. The molecule has 212 valence electrons. The number of nitrogens with zero attached hydrogens (tertiary/aromatic N) is 2. The van der Waals surface area contributed by atoms with Gasteiger partial charge in [0.05, 0.1) is 12.8 Å². The maximum absolute atomic E-state index is 12.3. The number of hydrogen-bond acceptors (Lipinski definition) is 3. The third-order valence-electron chi connectivity index (χ3n) is 7.24. The molecule has 0 saturated heterocycles. The molecule has 0 radical (unpaired) electrons. The van der Waals surface area contributed by atoms with Crippen molar-refractivity contribution in [1.29, 1.82) is 0 Å². The zero-order valence-electron chi connectivity index (χ0n) is 24.6. The molecule has 5 heteroatoms. The van der Waals surface area contributed by atoms with Crippen LogP contribution in [0.1, 0.15) is 155 Å². The van der Waals surface area contributed by atoms with E-state index in [0.29, 0.717) is 13.1 Å². The SMILES string of the molecule is CCCCCCCCCCCCN(C)C(=O)CC(=O)CC(=O)N(C)CCCCCCCCCCCC. The molecule has 0 bridgehead atoms. The summed E-state index contributed by atoms with van der Waals surface area (Å²) in [5.41, 5.74) is 0. The molecule has 0 aromatic carbocycles. The van der Waals surface area contributed by atoms with Gasteiger partial charge >= 0.3 is 0 Å². The van der Waals surface area contributed by atoms with E-state index in [1.54, 1.807) is 23.9 Å². The standard InChI is InChI=1S/C31H60N2O3/c1-5-7-9-11-13-15-17-19-21-23-25-32(3)30(35)27-29(34)28-31(36)33(4)26-24-22-20-18-16-14-12-10-8-6-2/h5-28H2,1-4H3. The Morgan fingerprint density at radius 1 is 0.417 bits per heavy atom. The van der Waals surface area contributed by atoms with E-state index < -0.39 is 0 Å². The summed E-state index contributed by atoms with van der Waals surface area (Å²) < 4.78 is 0. The van der Waals surface area contributed by atoms with Gasteiger partial charge < -0.3 is 9.80 Å². The lowest BCUT2D eigenvalue weighted by atomic mass is 10.1. The average Bonchev–Trinajstić information content (AvgIpc) is 2.85. The highest BCUT2D eigenvalue weighted by Crippen LogP contribution is 2.12. The number of amides is 2. The number of unbranched alkanes of at least 4 members (excludes halogenated alkanes) is 18. The number of hydrogen-bond donors (Lipinski definition) is 0. The molecule has 0 fully saturated rings.